The number of ketones is 1. The van der Waals surface area contributed by atoms with Crippen molar-refractivity contribution in [3.63, 3.8) is 0 Å². The molecule has 0 fully saturated rings. The van der Waals surface area contributed by atoms with Crippen molar-refractivity contribution in [2.75, 3.05) is 0 Å². The average Bonchev–Trinajstić information content (AvgIpc) is 2.35. The first-order valence-electron chi connectivity index (χ1n) is 5.39. The molecule has 0 aliphatic heterocycles. The van der Waals surface area contributed by atoms with Gasteiger partial charge in [0, 0.05) is 23.5 Å². The van der Waals surface area contributed by atoms with Crippen molar-refractivity contribution in [1.29, 1.82) is 5.26 Å². The third-order valence-corrected chi connectivity index (χ3v) is 2.62. The Morgan fingerprint density at radius 3 is 2.71 bits per heavy atom. The van der Waals surface area contributed by atoms with Crippen molar-refractivity contribution in [2.24, 2.45) is 5.92 Å². The number of nitrogens with zero attached hydrogens (tertiary/aromatic N) is 1. The molecule has 1 rings (SSSR count). The van der Waals surface area contributed by atoms with E-state index in [0.29, 0.717) is 6.42 Å². The first kappa shape index (κ1) is 13.3. The molecule has 0 N–H and O–H groups in total. The van der Waals surface area contributed by atoms with E-state index in [1.807, 2.05) is 6.07 Å². The molecule has 0 spiro atoms. The fourth-order valence-corrected chi connectivity index (χ4v) is 1.60. The van der Waals surface area contributed by atoms with Crippen LogP contribution in [0.2, 0.25) is 0 Å². The molecule has 1 aromatic carbocycles. The minimum Gasteiger partial charge on any atom is -0.294 e. The smallest absolute Gasteiger partial charge is 0.263 e. The Morgan fingerprint density at radius 2 is 2.18 bits per heavy atom. The lowest BCUT2D eigenvalue weighted by Gasteiger charge is -2.10. The van der Waals surface area contributed by atoms with E-state index in [1.165, 1.54) is 24.3 Å². The maximum absolute atomic E-state index is 12.5. The molecule has 2 nitrogen and oxygen atoms in total. The summed E-state index contributed by atoms with van der Waals surface area (Å²) < 4.78 is 25.0. The predicted octanol–water partition coefficient (Wildman–Crippen LogP) is 3.75. The lowest BCUT2D eigenvalue weighted by atomic mass is 9.92. The Hall–Kier alpha value is -1.76. The Kier molecular flexibility index (Phi) is 4.77. The fourth-order valence-electron chi connectivity index (χ4n) is 1.60. The highest BCUT2D eigenvalue weighted by atomic mass is 19.3. The van der Waals surface area contributed by atoms with Gasteiger partial charge in [0.05, 0.1) is 6.07 Å². The minimum absolute atomic E-state index is 0.119. The van der Waals surface area contributed by atoms with E-state index in [2.05, 4.69) is 0 Å². The fraction of sp³-hybridized carbons (Fsp3) is 0.385. The van der Waals surface area contributed by atoms with Gasteiger partial charge in [0.1, 0.15) is 0 Å². The summed E-state index contributed by atoms with van der Waals surface area (Å²) in [5, 5.41) is 8.58. The number of halogens is 2. The minimum atomic E-state index is -2.58. The van der Waals surface area contributed by atoms with Crippen LogP contribution in [0.3, 0.4) is 0 Å². The molecular weight excluding hydrogens is 224 g/mol. The van der Waals surface area contributed by atoms with Crippen molar-refractivity contribution in [2.45, 2.75) is 26.2 Å². The van der Waals surface area contributed by atoms with E-state index >= 15 is 0 Å². The first-order chi connectivity index (χ1) is 8.10. The molecule has 1 aromatic rings. The Balaban J connectivity index is 2.96. The third kappa shape index (κ3) is 3.35. The highest BCUT2D eigenvalue weighted by molar-refractivity contribution is 5.98. The quantitative estimate of drug-likeness (QED) is 0.732. The van der Waals surface area contributed by atoms with Crippen molar-refractivity contribution in [1.82, 2.24) is 0 Å². The number of Topliss-reactive ketones (excluding diaryl/α,β-unsaturated/α-hetero) is 1. The molecule has 0 bridgehead atoms. The van der Waals surface area contributed by atoms with E-state index in [9.17, 15) is 13.6 Å². The van der Waals surface area contributed by atoms with Crippen LogP contribution in [0.5, 0.6) is 0 Å². The number of nitriles is 1. The topological polar surface area (TPSA) is 40.9 Å². The van der Waals surface area contributed by atoms with Gasteiger partial charge in [0.25, 0.3) is 6.43 Å². The number of alkyl halides is 2. The van der Waals surface area contributed by atoms with Crippen LogP contribution in [0.25, 0.3) is 0 Å². The summed E-state index contributed by atoms with van der Waals surface area (Å²) in [4.78, 5) is 11.9. The summed E-state index contributed by atoms with van der Waals surface area (Å²) in [7, 11) is 0. The van der Waals surface area contributed by atoms with Crippen molar-refractivity contribution < 1.29 is 13.6 Å². The molecule has 1 unspecified atom stereocenters. The van der Waals surface area contributed by atoms with Crippen LogP contribution in [0.4, 0.5) is 8.78 Å². The monoisotopic (exact) mass is 237 g/mol. The predicted molar refractivity (Wildman–Crippen MR) is 59.7 cm³/mol. The van der Waals surface area contributed by atoms with Crippen molar-refractivity contribution in [3.05, 3.63) is 35.4 Å². The lowest BCUT2D eigenvalue weighted by molar-refractivity contribution is 0.0918. The molecule has 0 amide bonds. The molecule has 4 heteroatoms. The second-order valence-electron chi connectivity index (χ2n) is 3.76. The molecule has 0 aliphatic carbocycles. The Morgan fingerprint density at radius 1 is 1.47 bits per heavy atom. The molecule has 0 radical (unpaired) electrons. The van der Waals surface area contributed by atoms with Gasteiger partial charge in [-0.2, -0.15) is 5.26 Å². The molecule has 0 heterocycles. The van der Waals surface area contributed by atoms with Gasteiger partial charge in [-0.25, -0.2) is 8.78 Å². The zero-order valence-electron chi connectivity index (χ0n) is 9.49. The standard InChI is InChI=1S/C13H13F2NO/c1-2-9(6-7-16)12(17)10-4-3-5-11(8-10)13(14)15/h3-5,8-9,13H,2,6H2,1H3. The van der Waals surface area contributed by atoms with Crippen LogP contribution in [-0.4, -0.2) is 5.78 Å². The van der Waals surface area contributed by atoms with Crippen LogP contribution in [0.15, 0.2) is 24.3 Å². The van der Waals surface area contributed by atoms with Gasteiger partial charge in [0.15, 0.2) is 5.78 Å². The maximum Gasteiger partial charge on any atom is 0.263 e. The number of carbonyl (C=O) groups is 1. The second kappa shape index (κ2) is 6.09. The zero-order valence-corrected chi connectivity index (χ0v) is 9.49. The second-order valence-corrected chi connectivity index (χ2v) is 3.76. The van der Waals surface area contributed by atoms with Crippen LogP contribution >= 0.6 is 0 Å². The van der Waals surface area contributed by atoms with Gasteiger partial charge in [-0.05, 0) is 12.5 Å². The van der Waals surface area contributed by atoms with E-state index in [4.69, 9.17) is 5.26 Å². The molecule has 0 aromatic heterocycles. The number of carbonyl (C=O) groups excluding carboxylic acids is 1. The summed E-state index contributed by atoms with van der Waals surface area (Å²) in [6.45, 7) is 1.80. The summed E-state index contributed by atoms with van der Waals surface area (Å²) in [5.41, 5.74) is 0.0903. The number of rotatable bonds is 5. The maximum atomic E-state index is 12.5. The molecular formula is C13H13F2NO. The zero-order chi connectivity index (χ0) is 12.8. The van der Waals surface area contributed by atoms with E-state index in [-0.39, 0.29) is 23.3 Å². The van der Waals surface area contributed by atoms with E-state index in [1.54, 1.807) is 6.92 Å². The summed E-state index contributed by atoms with van der Waals surface area (Å²) in [5.74, 6) is -0.649. The van der Waals surface area contributed by atoms with Crippen LogP contribution in [0.1, 0.15) is 42.1 Å². The van der Waals surface area contributed by atoms with Gasteiger partial charge in [0.2, 0.25) is 0 Å². The van der Waals surface area contributed by atoms with Gasteiger partial charge in [-0.15, -0.1) is 0 Å². The van der Waals surface area contributed by atoms with Gasteiger partial charge in [-0.1, -0.05) is 25.1 Å². The molecule has 17 heavy (non-hydrogen) atoms. The van der Waals surface area contributed by atoms with Crippen molar-refractivity contribution >= 4 is 5.78 Å². The highest BCUT2D eigenvalue weighted by Crippen LogP contribution is 2.22. The number of benzene rings is 1. The average molecular weight is 237 g/mol. The SMILES string of the molecule is CCC(CC#N)C(=O)c1cccc(C(F)F)c1. The summed E-state index contributed by atoms with van der Waals surface area (Å²) in [6, 6.07) is 7.37. The largest absolute Gasteiger partial charge is 0.294 e. The van der Waals surface area contributed by atoms with Crippen LogP contribution in [-0.2, 0) is 0 Å². The third-order valence-electron chi connectivity index (χ3n) is 2.62. The molecule has 0 aliphatic rings. The van der Waals surface area contributed by atoms with Crippen LogP contribution in [0, 0.1) is 17.2 Å². The first-order valence-corrected chi connectivity index (χ1v) is 5.39. The van der Waals surface area contributed by atoms with Gasteiger partial charge in [-0.3, -0.25) is 4.79 Å². The molecule has 90 valence electrons. The Labute approximate surface area is 98.9 Å². The van der Waals surface area contributed by atoms with Crippen molar-refractivity contribution in [3.8, 4) is 6.07 Å². The molecule has 0 saturated carbocycles. The normalized spacial score (nSPS) is 12.2. The van der Waals surface area contributed by atoms with Gasteiger partial charge >= 0.3 is 0 Å². The number of hydrogen-bond acceptors (Lipinski definition) is 2. The van der Waals surface area contributed by atoms with Gasteiger partial charge < -0.3 is 0 Å². The summed E-state index contributed by atoms with van der Waals surface area (Å²) >= 11 is 0. The molecule has 0 saturated heterocycles. The molecule has 1 atom stereocenters. The Bertz CT molecular complexity index is 437. The van der Waals surface area contributed by atoms with E-state index < -0.39 is 12.3 Å². The van der Waals surface area contributed by atoms with Crippen LogP contribution < -0.4 is 0 Å². The summed E-state index contributed by atoms with van der Waals surface area (Å²) in [6.07, 6.45) is -1.93. The lowest BCUT2D eigenvalue weighted by Crippen LogP contribution is -2.13. The number of hydrogen-bond donors (Lipinski definition) is 0. The highest BCUT2D eigenvalue weighted by Gasteiger charge is 2.19. The van der Waals surface area contributed by atoms with E-state index in [0.717, 1.165) is 0 Å².